The maximum Gasteiger partial charge on any atom is 0.253 e. The molecular weight excluding hydrogens is 342 g/mol. The van der Waals surface area contributed by atoms with E-state index in [1.165, 1.54) is 18.2 Å². The van der Waals surface area contributed by atoms with Gasteiger partial charge in [0.25, 0.3) is 5.91 Å². The van der Waals surface area contributed by atoms with Gasteiger partial charge < -0.3 is 10.4 Å². The minimum absolute atomic E-state index is 0.0147. The largest absolute Gasteiger partial charge is 0.508 e. The number of benzene rings is 2. The van der Waals surface area contributed by atoms with Crippen molar-refractivity contribution in [3.8, 4) is 5.75 Å². The van der Waals surface area contributed by atoms with Crippen molar-refractivity contribution in [2.75, 3.05) is 0 Å². The molecule has 2 aromatic rings. The number of amides is 1. The lowest BCUT2D eigenvalue weighted by molar-refractivity contribution is 0.0950. The molecular formula is C15H13BrClNO2. The molecule has 1 amide bonds. The van der Waals surface area contributed by atoms with Crippen molar-refractivity contribution in [3.63, 3.8) is 0 Å². The summed E-state index contributed by atoms with van der Waals surface area (Å²) in [5, 5.41) is 13.3. The van der Waals surface area contributed by atoms with Crippen molar-refractivity contribution in [1.82, 2.24) is 5.32 Å². The van der Waals surface area contributed by atoms with Gasteiger partial charge in [0.15, 0.2) is 0 Å². The van der Waals surface area contributed by atoms with Crippen LogP contribution in [-0.2, 0) is 11.9 Å². The molecule has 2 N–H and O–H groups in total. The fourth-order valence-corrected chi connectivity index (χ4v) is 2.34. The van der Waals surface area contributed by atoms with Crippen LogP contribution in [0.1, 0.15) is 21.5 Å². The van der Waals surface area contributed by atoms with Gasteiger partial charge in [-0.1, -0.05) is 51.8 Å². The molecule has 0 radical (unpaired) electrons. The monoisotopic (exact) mass is 353 g/mol. The van der Waals surface area contributed by atoms with E-state index >= 15 is 0 Å². The smallest absolute Gasteiger partial charge is 0.253 e. The normalized spacial score (nSPS) is 10.3. The average molecular weight is 355 g/mol. The lowest BCUT2D eigenvalue weighted by Gasteiger charge is -2.08. The van der Waals surface area contributed by atoms with Crippen LogP contribution in [0.4, 0.5) is 0 Å². The van der Waals surface area contributed by atoms with Gasteiger partial charge in [0.2, 0.25) is 0 Å². The molecule has 5 heteroatoms. The first kappa shape index (κ1) is 14.9. The van der Waals surface area contributed by atoms with Gasteiger partial charge in [0, 0.05) is 11.9 Å². The summed E-state index contributed by atoms with van der Waals surface area (Å²) in [7, 11) is 0. The molecule has 0 atom stereocenters. The first-order valence-corrected chi connectivity index (χ1v) is 7.50. The highest BCUT2D eigenvalue weighted by atomic mass is 79.9. The quantitative estimate of drug-likeness (QED) is 0.819. The van der Waals surface area contributed by atoms with E-state index in [0.29, 0.717) is 11.6 Å². The number of carbonyl (C=O) groups is 1. The number of hydrogen-bond acceptors (Lipinski definition) is 2. The van der Waals surface area contributed by atoms with Crippen LogP contribution < -0.4 is 5.32 Å². The number of carbonyl (C=O) groups excluding carboxylic acids is 1. The van der Waals surface area contributed by atoms with Crippen LogP contribution in [0.5, 0.6) is 5.75 Å². The van der Waals surface area contributed by atoms with Crippen molar-refractivity contribution in [3.05, 3.63) is 64.2 Å². The minimum atomic E-state index is -0.310. The molecule has 0 saturated carbocycles. The number of alkyl halides is 1. The zero-order valence-electron chi connectivity index (χ0n) is 10.6. The maximum atomic E-state index is 12.0. The van der Waals surface area contributed by atoms with Crippen LogP contribution in [0.25, 0.3) is 0 Å². The molecule has 0 aliphatic heterocycles. The SMILES string of the molecule is O=C(NCc1cccc(CBr)c1)c1cc(O)ccc1Cl. The van der Waals surface area contributed by atoms with E-state index < -0.39 is 0 Å². The van der Waals surface area contributed by atoms with Crippen molar-refractivity contribution in [1.29, 1.82) is 0 Å². The Morgan fingerprint density at radius 2 is 1.95 bits per heavy atom. The number of hydrogen-bond donors (Lipinski definition) is 2. The van der Waals surface area contributed by atoms with Crippen LogP contribution >= 0.6 is 27.5 Å². The number of halogens is 2. The Labute approximate surface area is 130 Å². The Kier molecular flexibility index (Phi) is 5.04. The Balaban J connectivity index is 2.06. The van der Waals surface area contributed by atoms with E-state index in [0.717, 1.165) is 16.5 Å². The second-order valence-corrected chi connectivity index (χ2v) is 5.27. The summed E-state index contributed by atoms with van der Waals surface area (Å²) in [6.07, 6.45) is 0. The molecule has 2 aromatic carbocycles. The van der Waals surface area contributed by atoms with Crippen molar-refractivity contribution in [2.45, 2.75) is 11.9 Å². The van der Waals surface area contributed by atoms with Gasteiger partial charge in [0.05, 0.1) is 10.6 Å². The van der Waals surface area contributed by atoms with Crippen LogP contribution in [0.2, 0.25) is 5.02 Å². The molecule has 0 aliphatic carbocycles. The third kappa shape index (κ3) is 3.74. The van der Waals surface area contributed by atoms with Gasteiger partial charge in [-0.05, 0) is 29.3 Å². The maximum absolute atomic E-state index is 12.0. The van der Waals surface area contributed by atoms with E-state index in [1.54, 1.807) is 0 Å². The number of aromatic hydroxyl groups is 1. The average Bonchev–Trinajstić information content (AvgIpc) is 2.47. The van der Waals surface area contributed by atoms with Crippen LogP contribution in [0.15, 0.2) is 42.5 Å². The number of phenols is 1. The van der Waals surface area contributed by atoms with Crippen molar-refractivity contribution in [2.24, 2.45) is 0 Å². The van der Waals surface area contributed by atoms with E-state index in [2.05, 4.69) is 21.2 Å². The van der Waals surface area contributed by atoms with Crippen molar-refractivity contribution >= 4 is 33.4 Å². The lowest BCUT2D eigenvalue weighted by Crippen LogP contribution is -2.23. The third-order valence-electron chi connectivity index (χ3n) is 2.79. The molecule has 20 heavy (non-hydrogen) atoms. The fraction of sp³-hybridized carbons (Fsp3) is 0.133. The number of rotatable bonds is 4. The highest BCUT2D eigenvalue weighted by Gasteiger charge is 2.10. The van der Waals surface area contributed by atoms with Gasteiger partial charge in [-0.25, -0.2) is 0 Å². The summed E-state index contributed by atoms with van der Waals surface area (Å²) in [6.45, 7) is 0.408. The molecule has 0 spiro atoms. The summed E-state index contributed by atoms with van der Waals surface area (Å²) in [5.74, 6) is -0.295. The highest BCUT2D eigenvalue weighted by Crippen LogP contribution is 2.21. The minimum Gasteiger partial charge on any atom is -0.508 e. The molecule has 0 aliphatic rings. The molecule has 0 saturated heterocycles. The molecule has 0 heterocycles. The summed E-state index contributed by atoms with van der Waals surface area (Å²) < 4.78 is 0. The van der Waals surface area contributed by atoms with Gasteiger partial charge in [-0.15, -0.1) is 0 Å². The Morgan fingerprint density at radius 3 is 2.70 bits per heavy atom. The first-order chi connectivity index (χ1) is 9.60. The Morgan fingerprint density at radius 1 is 1.20 bits per heavy atom. The number of phenolic OH excluding ortho intramolecular Hbond substituents is 1. The molecule has 3 nitrogen and oxygen atoms in total. The zero-order valence-corrected chi connectivity index (χ0v) is 12.9. The highest BCUT2D eigenvalue weighted by molar-refractivity contribution is 9.08. The summed E-state index contributed by atoms with van der Waals surface area (Å²) in [6, 6.07) is 12.2. The molecule has 0 fully saturated rings. The van der Waals surface area contributed by atoms with Crippen LogP contribution in [-0.4, -0.2) is 11.0 Å². The summed E-state index contributed by atoms with van der Waals surface area (Å²) >= 11 is 9.34. The van der Waals surface area contributed by atoms with E-state index in [-0.39, 0.29) is 17.2 Å². The van der Waals surface area contributed by atoms with Gasteiger partial charge in [-0.3, -0.25) is 4.79 Å². The second kappa shape index (κ2) is 6.77. The molecule has 0 unspecified atom stereocenters. The fourth-order valence-electron chi connectivity index (χ4n) is 1.79. The standard InChI is InChI=1S/C15H13BrClNO2/c16-8-10-2-1-3-11(6-10)9-18-15(20)13-7-12(19)4-5-14(13)17/h1-7,19H,8-9H2,(H,18,20). The molecule has 0 bridgehead atoms. The van der Waals surface area contributed by atoms with Crippen LogP contribution in [0, 0.1) is 0 Å². The Hall–Kier alpha value is -1.52. The van der Waals surface area contributed by atoms with Gasteiger partial charge in [-0.2, -0.15) is 0 Å². The topological polar surface area (TPSA) is 49.3 Å². The van der Waals surface area contributed by atoms with Gasteiger partial charge in [0.1, 0.15) is 5.75 Å². The summed E-state index contributed by atoms with van der Waals surface area (Å²) in [5.41, 5.74) is 2.42. The van der Waals surface area contributed by atoms with Crippen molar-refractivity contribution < 1.29 is 9.90 Å². The number of nitrogens with one attached hydrogen (secondary N) is 1. The van der Waals surface area contributed by atoms with Crippen LogP contribution in [0.3, 0.4) is 0 Å². The van der Waals surface area contributed by atoms with E-state index in [1.807, 2.05) is 24.3 Å². The third-order valence-corrected chi connectivity index (χ3v) is 3.77. The lowest BCUT2D eigenvalue weighted by atomic mass is 10.1. The predicted molar refractivity (Wildman–Crippen MR) is 83.4 cm³/mol. The molecule has 2 rings (SSSR count). The Bertz CT molecular complexity index is 631. The summed E-state index contributed by atoms with van der Waals surface area (Å²) in [4.78, 5) is 12.0. The van der Waals surface area contributed by atoms with E-state index in [9.17, 15) is 9.90 Å². The second-order valence-electron chi connectivity index (χ2n) is 4.30. The predicted octanol–water partition coefficient (Wildman–Crippen LogP) is 3.87. The molecule has 0 aromatic heterocycles. The molecule has 104 valence electrons. The zero-order chi connectivity index (χ0) is 14.5. The first-order valence-electron chi connectivity index (χ1n) is 6.00. The van der Waals surface area contributed by atoms with Gasteiger partial charge >= 0.3 is 0 Å². The van der Waals surface area contributed by atoms with E-state index in [4.69, 9.17) is 11.6 Å².